The van der Waals surface area contributed by atoms with Crippen molar-refractivity contribution in [3.8, 4) is 0 Å². The number of halogens is 26. The highest BCUT2D eigenvalue weighted by molar-refractivity contribution is 5.87. The highest BCUT2D eigenvalue weighted by Crippen LogP contribution is 2.62. The summed E-state index contributed by atoms with van der Waals surface area (Å²) in [6.45, 7) is -4.33. The summed E-state index contributed by atoms with van der Waals surface area (Å²) in [4.78, 5) is 23.3. The Hall–Kier alpha value is -4.06. The molecule has 2 amide bonds. The highest BCUT2D eigenvalue weighted by Gasteiger charge is 2.92. The van der Waals surface area contributed by atoms with Crippen molar-refractivity contribution in [1.29, 1.82) is 0 Å². The number of hydrogen-bond acceptors (Lipinski definition) is 4. The van der Waals surface area contributed by atoms with Gasteiger partial charge in [0.25, 0.3) is 0 Å². The maximum Gasteiger partial charge on any atom is 0.460 e. The van der Waals surface area contributed by atoms with Crippen molar-refractivity contribution < 1.29 is 133 Å². The quantitative estimate of drug-likeness (QED) is 0.162. The number of rotatable bonds is 16. The minimum Gasteiger partial charge on any atom is -0.449 e. The maximum absolute atomic E-state index is 13.8. The van der Waals surface area contributed by atoms with Crippen LogP contribution in [0.3, 0.4) is 0 Å². The third kappa shape index (κ3) is 8.60. The van der Waals surface area contributed by atoms with Crippen molar-refractivity contribution in [2.75, 3.05) is 23.8 Å². The second kappa shape index (κ2) is 15.0. The van der Waals surface area contributed by atoms with Crippen molar-refractivity contribution in [2.45, 2.75) is 84.4 Å². The number of carbonyl (C=O) groups is 2. The molecule has 0 saturated heterocycles. The molecule has 0 aliphatic heterocycles. The SMILES string of the molecule is O=C(Nc1ccc(NC(=O)OCCC(F)(F)C(F)(F)C(F)(F)C(F)(F)C(F)(F)C(F)(F)F)cc1)OCCC(F)(F)C(F)(F)C(F)(F)C(F)(F)C(F)(F)C(F)(F)F. The van der Waals surface area contributed by atoms with Gasteiger partial charge in [-0.05, 0) is 24.3 Å². The van der Waals surface area contributed by atoms with E-state index in [1.165, 1.54) is 10.6 Å². The van der Waals surface area contributed by atoms with Crippen LogP contribution in [0.1, 0.15) is 12.8 Å². The van der Waals surface area contributed by atoms with E-state index in [0.717, 1.165) is 0 Å². The van der Waals surface area contributed by atoms with E-state index >= 15 is 0 Å². The summed E-state index contributed by atoms with van der Waals surface area (Å²) in [5.74, 6) is -77.0. The van der Waals surface area contributed by atoms with Crippen LogP contribution in [0.4, 0.5) is 135 Å². The van der Waals surface area contributed by atoms with E-state index < -0.39 is 121 Å². The second-order valence-electron chi connectivity index (χ2n) is 10.6. The largest absolute Gasteiger partial charge is 0.460 e. The number of hydrogen-bond donors (Lipinski definition) is 2. The van der Waals surface area contributed by atoms with Crippen molar-refractivity contribution in [2.24, 2.45) is 0 Å². The van der Waals surface area contributed by atoms with Crippen LogP contribution < -0.4 is 10.6 Å². The summed E-state index contributed by atoms with van der Waals surface area (Å²) in [5.41, 5.74) is -1.19. The number of nitrogens with one attached hydrogen (secondary N) is 2. The smallest absolute Gasteiger partial charge is 0.449 e. The van der Waals surface area contributed by atoms with Gasteiger partial charge >= 0.3 is 83.8 Å². The third-order valence-electron chi connectivity index (χ3n) is 6.67. The highest BCUT2D eigenvalue weighted by atomic mass is 19.4. The Labute approximate surface area is 290 Å². The van der Waals surface area contributed by atoms with Crippen LogP contribution in [0.5, 0.6) is 0 Å². The lowest BCUT2D eigenvalue weighted by molar-refractivity contribution is -0.440. The van der Waals surface area contributed by atoms with Crippen molar-refractivity contribution in [3.05, 3.63) is 24.3 Å². The summed E-state index contributed by atoms with van der Waals surface area (Å²) in [5, 5.41) is 3.07. The van der Waals surface area contributed by atoms with E-state index in [1.807, 2.05) is 0 Å². The molecule has 0 unspecified atom stereocenters. The third-order valence-corrected chi connectivity index (χ3v) is 6.67. The molecule has 1 aromatic rings. The van der Waals surface area contributed by atoms with Gasteiger partial charge < -0.3 is 9.47 Å². The zero-order valence-corrected chi connectivity index (χ0v) is 25.6. The molecule has 0 fully saturated rings. The molecule has 0 heterocycles. The van der Waals surface area contributed by atoms with Crippen LogP contribution >= 0.6 is 0 Å². The molecule has 0 aliphatic carbocycles. The first-order chi connectivity index (χ1) is 24.4. The first-order valence-corrected chi connectivity index (χ1v) is 13.3. The molecular formula is C24H14F26N2O4. The first kappa shape index (κ1) is 50.0. The van der Waals surface area contributed by atoms with E-state index in [-0.39, 0.29) is 0 Å². The molecule has 0 bridgehead atoms. The van der Waals surface area contributed by atoms with Crippen LogP contribution in [-0.4, -0.2) is 97.0 Å². The Morgan fingerprint density at radius 2 is 0.589 bits per heavy atom. The van der Waals surface area contributed by atoms with Crippen LogP contribution in [0.2, 0.25) is 0 Å². The lowest BCUT2D eigenvalue weighted by Gasteiger charge is -2.39. The van der Waals surface area contributed by atoms with Gasteiger partial charge in [-0.3, -0.25) is 10.6 Å². The summed E-state index contributed by atoms with van der Waals surface area (Å²) in [6.07, 6.45) is -25.1. The summed E-state index contributed by atoms with van der Waals surface area (Å²) in [6, 6.07) is 2.49. The zero-order valence-electron chi connectivity index (χ0n) is 25.6. The lowest BCUT2D eigenvalue weighted by atomic mass is 9.93. The van der Waals surface area contributed by atoms with Gasteiger partial charge in [0.15, 0.2) is 0 Å². The molecule has 326 valence electrons. The monoisotopic (exact) mass is 888 g/mol. The molecule has 6 nitrogen and oxygen atoms in total. The molecule has 0 radical (unpaired) electrons. The molecule has 0 atom stereocenters. The van der Waals surface area contributed by atoms with E-state index in [1.54, 1.807) is 0 Å². The van der Waals surface area contributed by atoms with Gasteiger partial charge in [0.1, 0.15) is 0 Å². The van der Waals surface area contributed by atoms with Gasteiger partial charge in [-0.1, -0.05) is 0 Å². The number of anilines is 2. The maximum atomic E-state index is 13.8. The van der Waals surface area contributed by atoms with E-state index in [0.29, 0.717) is 24.3 Å². The molecular weight excluding hydrogens is 874 g/mol. The molecule has 0 aromatic heterocycles. The van der Waals surface area contributed by atoms with E-state index in [9.17, 15) is 124 Å². The van der Waals surface area contributed by atoms with Gasteiger partial charge in [-0.25, -0.2) is 9.59 Å². The predicted molar refractivity (Wildman–Crippen MR) is 127 cm³/mol. The Balaban J connectivity index is 2.84. The van der Waals surface area contributed by atoms with Gasteiger partial charge in [0.2, 0.25) is 0 Å². The van der Waals surface area contributed by atoms with Crippen LogP contribution in [0.25, 0.3) is 0 Å². The molecule has 0 spiro atoms. The second-order valence-corrected chi connectivity index (χ2v) is 10.6. The number of carbonyl (C=O) groups excluding carboxylic acids is 2. The molecule has 0 saturated carbocycles. The molecule has 1 rings (SSSR count). The van der Waals surface area contributed by atoms with Crippen LogP contribution in [0.15, 0.2) is 24.3 Å². The average Bonchev–Trinajstić information content (AvgIpc) is 2.99. The van der Waals surface area contributed by atoms with Gasteiger partial charge in [0, 0.05) is 11.4 Å². The Morgan fingerprint density at radius 3 is 0.804 bits per heavy atom. The lowest BCUT2D eigenvalue weighted by Crippen LogP contribution is -2.70. The average molecular weight is 888 g/mol. The fourth-order valence-corrected chi connectivity index (χ4v) is 3.41. The minimum absolute atomic E-state index is 0.595. The fraction of sp³-hybridized carbons (Fsp3) is 0.667. The van der Waals surface area contributed by atoms with Crippen molar-refractivity contribution in [1.82, 2.24) is 0 Å². The Morgan fingerprint density at radius 1 is 0.375 bits per heavy atom. The summed E-state index contributed by atoms with van der Waals surface area (Å²) in [7, 11) is 0. The van der Waals surface area contributed by atoms with Crippen molar-refractivity contribution >= 4 is 23.6 Å². The van der Waals surface area contributed by atoms with Crippen LogP contribution in [-0.2, 0) is 9.47 Å². The van der Waals surface area contributed by atoms with Gasteiger partial charge in [-0.15, -0.1) is 0 Å². The standard InChI is InChI=1S/C24H14F26N2O4/c25-13(26,15(29,30)17(33,34)19(37,38)21(41,42)23(45,46)47)5-7-55-11(53)51-9-1-2-10(4-3-9)52-12(54)56-8-6-14(27,28)16(31,32)18(35,36)20(39,40)22(43,44)24(48,49)50/h1-4H,5-8H2,(H,51,53)(H,52,54). The van der Waals surface area contributed by atoms with Gasteiger partial charge in [-0.2, -0.15) is 114 Å². The first-order valence-electron chi connectivity index (χ1n) is 13.3. The fourth-order valence-electron chi connectivity index (χ4n) is 3.41. The molecule has 56 heavy (non-hydrogen) atoms. The normalized spacial score (nSPS) is 15.0. The number of ether oxygens (including phenoxy) is 2. The predicted octanol–water partition coefficient (Wildman–Crippen LogP) is 11.0. The molecule has 0 aliphatic rings. The number of benzene rings is 1. The zero-order chi connectivity index (χ0) is 44.8. The molecule has 32 heteroatoms. The summed E-state index contributed by atoms with van der Waals surface area (Å²) >= 11 is 0. The van der Waals surface area contributed by atoms with E-state index in [4.69, 9.17) is 0 Å². The topological polar surface area (TPSA) is 76.7 Å². The minimum atomic E-state index is -8.17. The Kier molecular flexibility index (Phi) is 13.4. The Bertz CT molecular complexity index is 1420. The van der Waals surface area contributed by atoms with Crippen molar-refractivity contribution in [3.63, 3.8) is 0 Å². The van der Waals surface area contributed by atoms with E-state index in [2.05, 4.69) is 9.47 Å². The molecule has 2 N–H and O–H groups in total. The number of amides is 2. The summed E-state index contributed by atoms with van der Waals surface area (Å²) < 4.78 is 348. The molecule has 1 aromatic carbocycles. The van der Waals surface area contributed by atoms with Crippen LogP contribution in [0, 0.1) is 0 Å². The van der Waals surface area contributed by atoms with Gasteiger partial charge in [0.05, 0.1) is 26.1 Å². The number of alkyl halides is 26.